The number of hydrogen-bond acceptors (Lipinski definition) is 12. The van der Waals surface area contributed by atoms with Crippen molar-refractivity contribution >= 4 is 52.2 Å². The Morgan fingerprint density at radius 3 is 2.40 bits per heavy atom. The third-order valence-corrected chi connectivity index (χ3v) is 14.7. The van der Waals surface area contributed by atoms with Crippen LogP contribution in [0.15, 0.2) is 48.7 Å². The molecule has 5 fully saturated rings. The number of anilines is 2. The van der Waals surface area contributed by atoms with Gasteiger partial charge in [-0.05, 0) is 112 Å². The van der Waals surface area contributed by atoms with E-state index in [-0.39, 0.29) is 47.9 Å². The molecule has 18 heteroatoms. The Morgan fingerprint density at radius 1 is 0.851 bits per heavy atom. The molecule has 7 aliphatic heterocycles. The van der Waals surface area contributed by atoms with E-state index in [2.05, 4.69) is 60.1 Å². The molecule has 4 atom stereocenters. The second-order valence-corrected chi connectivity index (χ2v) is 19.5. The molecule has 0 saturated carbocycles. The zero-order valence-electron chi connectivity index (χ0n) is 38.0. The number of piperidine rings is 3. The van der Waals surface area contributed by atoms with Crippen LogP contribution in [0.3, 0.4) is 0 Å². The number of imidazole rings is 1. The molecule has 10 heterocycles. The van der Waals surface area contributed by atoms with Crippen LogP contribution in [-0.4, -0.2) is 126 Å². The number of carbonyl (C=O) groups excluding carboxylic acids is 5. The van der Waals surface area contributed by atoms with Gasteiger partial charge in [-0.25, -0.2) is 14.1 Å². The van der Waals surface area contributed by atoms with Gasteiger partial charge >= 0.3 is 0 Å². The van der Waals surface area contributed by atoms with Crippen molar-refractivity contribution < 1.29 is 33.1 Å². The number of likely N-dealkylation sites (tertiary alicyclic amines) is 1. The predicted octanol–water partition coefficient (Wildman–Crippen LogP) is 4.92. The number of piperazine rings is 1. The molecule has 7 aliphatic rings. The Bertz CT molecular complexity index is 2860. The van der Waals surface area contributed by atoms with Gasteiger partial charge in [0.15, 0.2) is 0 Å². The van der Waals surface area contributed by atoms with E-state index in [0.717, 1.165) is 98.9 Å². The lowest BCUT2D eigenvalue weighted by molar-refractivity contribution is -0.136. The van der Waals surface area contributed by atoms with E-state index < -0.39 is 35.5 Å². The van der Waals surface area contributed by atoms with Gasteiger partial charge in [-0.3, -0.25) is 54.3 Å². The maximum Gasteiger partial charge on any atom is 0.262 e. The highest BCUT2D eigenvalue weighted by Crippen LogP contribution is 2.42. The average Bonchev–Trinajstić information content (AvgIpc) is 3.91. The normalized spacial score (nSPS) is 24.0. The standard InChI is InChI=1S/C49H54FN11O6/c1-27-5-4-14-67-48-36(21-51-56(48)3)39-17-31(15-28(2)52-39)44(63)55-49-53-38-7-6-30(16-42(38)59(49)22-27)24-57-12-10-29(11-13-57)23-58-25-32-18-33(26-58)60(32)41-20-35-34(19-37(41)50)46(65)61(47(35)66)40-8-9-43(62)54-45(40)64/h6-7,15-17,19-21,27,29,32-33,40H,4-5,8-14,18,22-26H2,1-3H3,(H,53,55,63)(H,54,62,64)/t27-,32?,33?,40?/m1/s1. The zero-order valence-corrected chi connectivity index (χ0v) is 38.0. The van der Waals surface area contributed by atoms with Crippen LogP contribution in [0.2, 0.25) is 0 Å². The number of nitrogens with one attached hydrogen (secondary N) is 2. The maximum absolute atomic E-state index is 15.8. The smallest absolute Gasteiger partial charge is 0.262 e. The highest BCUT2D eigenvalue weighted by molar-refractivity contribution is 6.23. The van der Waals surface area contributed by atoms with Crippen LogP contribution in [0.4, 0.5) is 16.0 Å². The fourth-order valence-electron chi connectivity index (χ4n) is 11.3. The second kappa shape index (κ2) is 17.0. The lowest BCUT2D eigenvalue weighted by Crippen LogP contribution is -2.69. The summed E-state index contributed by atoms with van der Waals surface area (Å²) in [7, 11) is 1.85. The lowest BCUT2D eigenvalue weighted by atomic mass is 9.85. The van der Waals surface area contributed by atoms with Gasteiger partial charge in [-0.2, -0.15) is 5.10 Å². The molecular formula is C49H54FN11O6. The van der Waals surface area contributed by atoms with Crippen LogP contribution in [0, 0.1) is 24.6 Å². The summed E-state index contributed by atoms with van der Waals surface area (Å²) in [6, 6.07) is 11.7. The quantitative estimate of drug-likeness (QED) is 0.220. The summed E-state index contributed by atoms with van der Waals surface area (Å²) in [5, 5.41) is 9.77. The Balaban J connectivity index is 0.723. The van der Waals surface area contributed by atoms with Crippen molar-refractivity contribution in [2.45, 2.75) is 90.0 Å². The average molecular weight is 912 g/mol. The lowest BCUT2D eigenvalue weighted by Gasteiger charge is -2.58. The first-order chi connectivity index (χ1) is 32.3. The highest BCUT2D eigenvalue weighted by Gasteiger charge is 2.49. The van der Waals surface area contributed by atoms with Crippen molar-refractivity contribution in [3.8, 4) is 17.1 Å². The molecule has 348 valence electrons. The summed E-state index contributed by atoms with van der Waals surface area (Å²) in [5.41, 5.74) is 5.96. The molecule has 2 N–H and O–H groups in total. The number of pyridine rings is 1. The van der Waals surface area contributed by atoms with E-state index in [1.807, 2.05) is 14.0 Å². The number of aryl methyl sites for hydroxylation is 2. The number of amides is 5. The third-order valence-electron chi connectivity index (χ3n) is 14.7. The van der Waals surface area contributed by atoms with Gasteiger partial charge in [-0.15, -0.1) is 0 Å². The topological polar surface area (TPSA) is 180 Å². The van der Waals surface area contributed by atoms with Crippen molar-refractivity contribution in [3.63, 3.8) is 0 Å². The predicted molar refractivity (Wildman–Crippen MR) is 245 cm³/mol. The summed E-state index contributed by atoms with van der Waals surface area (Å²) < 4.78 is 25.9. The van der Waals surface area contributed by atoms with E-state index in [9.17, 15) is 24.0 Å². The third kappa shape index (κ3) is 7.92. The monoisotopic (exact) mass is 911 g/mol. The zero-order chi connectivity index (χ0) is 46.2. The van der Waals surface area contributed by atoms with Gasteiger partial charge in [0.05, 0.1) is 51.9 Å². The number of hydrogen-bond donors (Lipinski definition) is 2. The summed E-state index contributed by atoms with van der Waals surface area (Å²) in [6.07, 6.45) is 6.65. The fraction of sp³-hybridized carbons (Fsp3) is 0.469. The molecule has 5 amide bonds. The number of ether oxygens (including phenoxy) is 1. The van der Waals surface area contributed by atoms with Gasteiger partial charge in [0.1, 0.15) is 11.9 Å². The van der Waals surface area contributed by atoms with Crippen LogP contribution in [0.5, 0.6) is 5.88 Å². The summed E-state index contributed by atoms with van der Waals surface area (Å²) in [5.74, 6) is -1.30. The first kappa shape index (κ1) is 43.1. The number of fused-ring (bicyclic) bond motifs is 10. The first-order valence-corrected chi connectivity index (χ1v) is 23.6. The number of nitrogens with zero attached hydrogens (tertiary/aromatic N) is 9. The van der Waals surface area contributed by atoms with E-state index in [4.69, 9.17) is 14.7 Å². The molecule has 3 unspecified atom stereocenters. The first-order valence-electron chi connectivity index (χ1n) is 23.6. The van der Waals surface area contributed by atoms with Gasteiger partial charge in [0, 0.05) is 69.5 Å². The highest BCUT2D eigenvalue weighted by atomic mass is 19.1. The fourth-order valence-corrected chi connectivity index (χ4v) is 11.3. The minimum Gasteiger partial charge on any atom is -0.477 e. The minimum absolute atomic E-state index is 0.0215. The van der Waals surface area contributed by atoms with Gasteiger partial charge in [-0.1, -0.05) is 13.0 Å². The Labute approximate surface area is 386 Å². The van der Waals surface area contributed by atoms with E-state index >= 15 is 4.39 Å². The summed E-state index contributed by atoms with van der Waals surface area (Å²) in [6.45, 7) is 10.6. The Morgan fingerprint density at radius 2 is 1.63 bits per heavy atom. The molecular weight excluding hydrogens is 858 g/mol. The van der Waals surface area contributed by atoms with Crippen molar-refractivity contribution in [2.75, 3.05) is 49.5 Å². The number of aromatic nitrogens is 5. The second-order valence-electron chi connectivity index (χ2n) is 19.5. The van der Waals surface area contributed by atoms with E-state index in [1.54, 1.807) is 23.0 Å². The summed E-state index contributed by atoms with van der Waals surface area (Å²) in [4.78, 5) is 82.5. The molecule has 67 heavy (non-hydrogen) atoms. The molecule has 0 radical (unpaired) electrons. The number of benzene rings is 2. The van der Waals surface area contributed by atoms with Gasteiger partial charge < -0.3 is 14.2 Å². The Kier molecular flexibility index (Phi) is 10.9. The number of rotatable bonds is 6. The van der Waals surface area contributed by atoms with Crippen LogP contribution >= 0.6 is 0 Å². The molecule has 17 nitrogen and oxygen atoms in total. The minimum atomic E-state index is -1.10. The van der Waals surface area contributed by atoms with Crippen molar-refractivity contribution in [3.05, 3.63) is 82.4 Å². The molecule has 0 spiro atoms. The maximum atomic E-state index is 15.8. The SMILES string of the molecule is Cc1cc2cc(n1)-c1cnn(C)c1OCCC[C@@H](C)Cn1c(nc3ccc(CN4CCC(CN5CC6CC(C5)N6c5cc6c(cc5F)C(=O)N(C5CCC(=O)NC5=O)C6=O)CC4)cc31)NC2=O. The van der Waals surface area contributed by atoms with E-state index in [0.29, 0.717) is 53.5 Å². The van der Waals surface area contributed by atoms with Crippen LogP contribution < -0.4 is 20.3 Å². The number of halogens is 1. The van der Waals surface area contributed by atoms with Crippen LogP contribution in [0.1, 0.15) is 94.2 Å². The van der Waals surface area contributed by atoms with Crippen LogP contribution in [-0.2, 0) is 29.7 Å². The Hall–Kier alpha value is -6.53. The van der Waals surface area contributed by atoms with Gasteiger partial charge in [0.2, 0.25) is 23.6 Å². The summed E-state index contributed by atoms with van der Waals surface area (Å²) >= 11 is 0. The van der Waals surface area contributed by atoms with Crippen molar-refractivity contribution in [1.82, 2.24) is 44.3 Å². The van der Waals surface area contributed by atoms with E-state index in [1.165, 1.54) is 11.6 Å². The van der Waals surface area contributed by atoms with Crippen molar-refractivity contribution in [2.24, 2.45) is 18.9 Å². The van der Waals surface area contributed by atoms with Crippen LogP contribution in [0.25, 0.3) is 22.3 Å². The molecule has 5 saturated heterocycles. The molecule has 2 aromatic carbocycles. The number of imide groups is 2. The molecule has 0 aliphatic carbocycles. The van der Waals surface area contributed by atoms with Crippen molar-refractivity contribution in [1.29, 1.82) is 0 Å². The van der Waals surface area contributed by atoms with Gasteiger partial charge in [0.25, 0.3) is 17.7 Å². The molecule has 12 rings (SSSR count). The largest absolute Gasteiger partial charge is 0.477 e. The molecule has 5 aromatic rings. The molecule has 3 aromatic heterocycles. The molecule has 4 bridgehead atoms. The number of carbonyl (C=O) groups is 5.